The number of carbonyl (C=O) groups is 2. The van der Waals surface area contributed by atoms with Crippen LogP contribution in [0.4, 0.5) is 4.39 Å². The van der Waals surface area contributed by atoms with Crippen molar-refractivity contribution in [3.8, 4) is 0 Å². The standard InChI is InChI=1S/C28H31FN2O2/c1-3-17-30-28(33)26(18-22-10-5-4-6-11-22)31(20-24-12-8-7-9-21(24)2)27(32)19-23-13-15-25(29)16-14-23/h4-16,26H,3,17-20H2,1-2H3,(H,30,33)/t26-/m0/s1. The van der Waals surface area contributed by atoms with Crippen LogP contribution in [0.15, 0.2) is 78.9 Å². The summed E-state index contributed by atoms with van der Waals surface area (Å²) in [6.45, 7) is 4.87. The highest BCUT2D eigenvalue weighted by Gasteiger charge is 2.30. The number of benzene rings is 3. The molecule has 1 N–H and O–H groups in total. The largest absolute Gasteiger partial charge is 0.354 e. The van der Waals surface area contributed by atoms with Gasteiger partial charge in [-0.05, 0) is 47.7 Å². The van der Waals surface area contributed by atoms with E-state index in [0.717, 1.165) is 23.1 Å². The maximum Gasteiger partial charge on any atom is 0.243 e. The number of aryl methyl sites for hydroxylation is 1. The smallest absolute Gasteiger partial charge is 0.243 e. The van der Waals surface area contributed by atoms with E-state index in [4.69, 9.17) is 0 Å². The lowest BCUT2D eigenvalue weighted by Crippen LogP contribution is -2.51. The molecule has 2 amide bonds. The minimum Gasteiger partial charge on any atom is -0.354 e. The van der Waals surface area contributed by atoms with Gasteiger partial charge in [-0.25, -0.2) is 4.39 Å². The molecule has 0 aliphatic carbocycles. The molecular formula is C28H31FN2O2. The van der Waals surface area contributed by atoms with Gasteiger partial charge >= 0.3 is 0 Å². The summed E-state index contributed by atoms with van der Waals surface area (Å²) in [4.78, 5) is 28.5. The summed E-state index contributed by atoms with van der Waals surface area (Å²) < 4.78 is 13.4. The molecule has 5 heteroatoms. The zero-order valence-electron chi connectivity index (χ0n) is 19.3. The topological polar surface area (TPSA) is 49.4 Å². The van der Waals surface area contributed by atoms with Crippen molar-refractivity contribution in [3.63, 3.8) is 0 Å². The van der Waals surface area contributed by atoms with Crippen molar-refractivity contribution in [3.05, 3.63) is 107 Å². The van der Waals surface area contributed by atoms with E-state index in [1.807, 2.05) is 68.4 Å². The quantitative estimate of drug-likeness (QED) is 0.484. The lowest BCUT2D eigenvalue weighted by molar-refractivity contribution is -0.140. The molecule has 3 aromatic rings. The van der Waals surface area contributed by atoms with Crippen molar-refractivity contribution in [1.29, 1.82) is 0 Å². The van der Waals surface area contributed by atoms with Crippen LogP contribution in [-0.4, -0.2) is 29.3 Å². The van der Waals surface area contributed by atoms with Crippen molar-refractivity contribution in [1.82, 2.24) is 10.2 Å². The van der Waals surface area contributed by atoms with Gasteiger partial charge in [0, 0.05) is 19.5 Å². The second-order valence-electron chi connectivity index (χ2n) is 8.25. The fourth-order valence-corrected chi connectivity index (χ4v) is 3.77. The van der Waals surface area contributed by atoms with E-state index in [1.54, 1.807) is 17.0 Å². The third-order valence-corrected chi connectivity index (χ3v) is 5.69. The number of hydrogen-bond donors (Lipinski definition) is 1. The lowest BCUT2D eigenvalue weighted by Gasteiger charge is -2.32. The number of halogens is 1. The zero-order chi connectivity index (χ0) is 23.6. The van der Waals surface area contributed by atoms with Crippen LogP contribution in [0.5, 0.6) is 0 Å². The summed E-state index contributed by atoms with van der Waals surface area (Å²) in [5.41, 5.74) is 3.75. The summed E-state index contributed by atoms with van der Waals surface area (Å²) in [5.74, 6) is -0.678. The van der Waals surface area contributed by atoms with E-state index in [0.29, 0.717) is 25.1 Å². The first-order chi connectivity index (χ1) is 16.0. The number of hydrogen-bond acceptors (Lipinski definition) is 2. The number of carbonyl (C=O) groups excluding carboxylic acids is 2. The van der Waals surface area contributed by atoms with E-state index >= 15 is 0 Å². The highest BCUT2D eigenvalue weighted by Crippen LogP contribution is 2.18. The molecule has 0 aliphatic heterocycles. The predicted molar refractivity (Wildman–Crippen MR) is 129 cm³/mol. The average molecular weight is 447 g/mol. The highest BCUT2D eigenvalue weighted by atomic mass is 19.1. The Morgan fingerprint density at radius 1 is 0.909 bits per heavy atom. The Morgan fingerprint density at radius 2 is 1.58 bits per heavy atom. The van der Waals surface area contributed by atoms with Gasteiger partial charge in [-0.3, -0.25) is 9.59 Å². The normalized spacial score (nSPS) is 11.6. The van der Waals surface area contributed by atoms with Crippen LogP contribution in [0, 0.1) is 12.7 Å². The lowest BCUT2D eigenvalue weighted by atomic mass is 10.0. The van der Waals surface area contributed by atoms with Gasteiger partial charge in [-0.1, -0.05) is 73.7 Å². The molecular weight excluding hydrogens is 415 g/mol. The molecule has 0 bridgehead atoms. The summed E-state index contributed by atoms with van der Waals surface area (Å²) >= 11 is 0. The average Bonchev–Trinajstić information content (AvgIpc) is 2.83. The van der Waals surface area contributed by atoms with E-state index in [-0.39, 0.29) is 24.1 Å². The molecule has 0 saturated carbocycles. The van der Waals surface area contributed by atoms with E-state index in [9.17, 15) is 14.0 Å². The fraction of sp³-hybridized carbons (Fsp3) is 0.286. The third-order valence-electron chi connectivity index (χ3n) is 5.69. The minimum absolute atomic E-state index is 0.0957. The minimum atomic E-state index is -0.661. The van der Waals surface area contributed by atoms with Gasteiger partial charge in [-0.2, -0.15) is 0 Å². The number of nitrogens with zero attached hydrogens (tertiary/aromatic N) is 1. The molecule has 0 heterocycles. The van der Waals surface area contributed by atoms with Crippen molar-refractivity contribution in [2.24, 2.45) is 0 Å². The van der Waals surface area contributed by atoms with Gasteiger partial charge in [0.2, 0.25) is 11.8 Å². The Kier molecular flexibility index (Phi) is 8.76. The first-order valence-corrected chi connectivity index (χ1v) is 11.4. The van der Waals surface area contributed by atoms with Crippen molar-refractivity contribution >= 4 is 11.8 Å². The summed E-state index contributed by atoms with van der Waals surface area (Å²) in [5, 5.41) is 2.98. The van der Waals surface area contributed by atoms with Crippen LogP contribution >= 0.6 is 0 Å². The SMILES string of the molecule is CCCNC(=O)[C@H](Cc1ccccc1)N(Cc1ccccc1C)C(=O)Cc1ccc(F)cc1. The van der Waals surface area contributed by atoms with Crippen LogP contribution in [-0.2, 0) is 29.0 Å². The van der Waals surface area contributed by atoms with Crippen molar-refractivity contribution < 1.29 is 14.0 Å². The monoisotopic (exact) mass is 446 g/mol. The molecule has 1 atom stereocenters. The number of nitrogens with one attached hydrogen (secondary N) is 1. The Morgan fingerprint density at radius 3 is 2.24 bits per heavy atom. The van der Waals surface area contributed by atoms with Gasteiger partial charge in [0.1, 0.15) is 11.9 Å². The molecule has 4 nitrogen and oxygen atoms in total. The Balaban J connectivity index is 1.95. The Hall–Kier alpha value is -3.47. The number of amides is 2. The zero-order valence-corrected chi connectivity index (χ0v) is 19.3. The van der Waals surface area contributed by atoms with E-state index in [2.05, 4.69) is 5.32 Å². The molecule has 3 rings (SSSR count). The van der Waals surface area contributed by atoms with Crippen LogP contribution in [0.1, 0.15) is 35.6 Å². The summed E-state index contributed by atoms with van der Waals surface area (Å²) in [7, 11) is 0. The molecule has 172 valence electrons. The summed E-state index contributed by atoms with van der Waals surface area (Å²) in [6, 6.07) is 22.9. The highest BCUT2D eigenvalue weighted by molar-refractivity contribution is 5.88. The summed E-state index contributed by atoms with van der Waals surface area (Å²) in [6.07, 6.45) is 1.32. The fourth-order valence-electron chi connectivity index (χ4n) is 3.77. The van der Waals surface area contributed by atoms with Crippen LogP contribution < -0.4 is 5.32 Å². The Labute approximate surface area is 195 Å². The van der Waals surface area contributed by atoms with Gasteiger partial charge < -0.3 is 10.2 Å². The van der Waals surface area contributed by atoms with Gasteiger partial charge in [0.25, 0.3) is 0 Å². The van der Waals surface area contributed by atoms with Crippen LogP contribution in [0.3, 0.4) is 0 Å². The van der Waals surface area contributed by atoms with Gasteiger partial charge in [-0.15, -0.1) is 0 Å². The predicted octanol–water partition coefficient (Wildman–Crippen LogP) is 4.84. The molecule has 33 heavy (non-hydrogen) atoms. The maximum absolute atomic E-state index is 13.6. The van der Waals surface area contributed by atoms with Crippen LogP contribution in [0.2, 0.25) is 0 Å². The molecule has 0 fully saturated rings. The molecule has 0 radical (unpaired) electrons. The van der Waals surface area contributed by atoms with E-state index < -0.39 is 6.04 Å². The molecule has 0 spiro atoms. The second-order valence-corrected chi connectivity index (χ2v) is 8.25. The maximum atomic E-state index is 13.6. The van der Waals surface area contributed by atoms with Crippen LogP contribution in [0.25, 0.3) is 0 Å². The van der Waals surface area contributed by atoms with Gasteiger partial charge in [0.15, 0.2) is 0 Å². The molecule has 0 unspecified atom stereocenters. The van der Waals surface area contributed by atoms with Crippen molar-refractivity contribution in [2.45, 2.75) is 45.7 Å². The molecule has 0 aliphatic rings. The van der Waals surface area contributed by atoms with E-state index in [1.165, 1.54) is 12.1 Å². The second kappa shape index (κ2) is 12.0. The number of rotatable bonds is 10. The first-order valence-electron chi connectivity index (χ1n) is 11.4. The third kappa shape index (κ3) is 7.01. The Bertz CT molecular complexity index is 1050. The molecule has 3 aromatic carbocycles. The first kappa shape index (κ1) is 24.2. The molecule has 0 saturated heterocycles. The molecule has 0 aromatic heterocycles. The van der Waals surface area contributed by atoms with Crippen molar-refractivity contribution in [2.75, 3.05) is 6.54 Å². The van der Waals surface area contributed by atoms with Gasteiger partial charge in [0.05, 0.1) is 6.42 Å².